The van der Waals surface area contributed by atoms with Crippen molar-refractivity contribution in [2.45, 2.75) is 31.8 Å². The van der Waals surface area contributed by atoms with Gasteiger partial charge in [0.15, 0.2) is 0 Å². The Morgan fingerprint density at radius 3 is 2.78 bits per heavy atom. The molecule has 4 rings (SSSR count). The molecule has 6 nitrogen and oxygen atoms in total. The standard InChI is InChI=1S/C17H18N4O2/c22-15-8-7-13(18-15)16(23)21-10-4-9-20-11-14(19-17(20)21)12-5-2-1-3-6-12/h1-3,5-6,11,13H,4,7-10H2,(H,18,22). The van der Waals surface area contributed by atoms with Gasteiger partial charge in [-0.25, -0.2) is 4.98 Å². The van der Waals surface area contributed by atoms with E-state index in [2.05, 4.69) is 10.3 Å². The van der Waals surface area contributed by atoms with Crippen molar-refractivity contribution in [1.82, 2.24) is 14.9 Å². The van der Waals surface area contributed by atoms with Crippen molar-refractivity contribution in [3.63, 3.8) is 0 Å². The quantitative estimate of drug-likeness (QED) is 0.915. The molecule has 0 spiro atoms. The topological polar surface area (TPSA) is 67.2 Å². The zero-order valence-electron chi connectivity index (χ0n) is 12.7. The lowest BCUT2D eigenvalue weighted by atomic mass is 10.2. The summed E-state index contributed by atoms with van der Waals surface area (Å²) < 4.78 is 2.03. The summed E-state index contributed by atoms with van der Waals surface area (Å²) in [5.41, 5.74) is 1.91. The van der Waals surface area contributed by atoms with Crippen LogP contribution in [0.15, 0.2) is 36.5 Å². The van der Waals surface area contributed by atoms with Crippen molar-refractivity contribution < 1.29 is 9.59 Å². The lowest BCUT2D eigenvalue weighted by Crippen LogP contribution is -2.47. The van der Waals surface area contributed by atoms with E-state index in [4.69, 9.17) is 0 Å². The third kappa shape index (κ3) is 2.50. The van der Waals surface area contributed by atoms with Crippen molar-refractivity contribution >= 4 is 17.8 Å². The summed E-state index contributed by atoms with van der Waals surface area (Å²) in [5.74, 6) is 0.580. The maximum Gasteiger partial charge on any atom is 0.251 e. The third-order valence-electron chi connectivity index (χ3n) is 4.41. The number of carbonyl (C=O) groups excluding carboxylic acids is 2. The van der Waals surface area contributed by atoms with E-state index in [9.17, 15) is 9.59 Å². The van der Waals surface area contributed by atoms with E-state index in [0.29, 0.717) is 25.3 Å². The largest absolute Gasteiger partial charge is 0.344 e. The van der Waals surface area contributed by atoms with Gasteiger partial charge in [-0.2, -0.15) is 0 Å². The second-order valence-corrected chi connectivity index (χ2v) is 5.99. The molecule has 1 N–H and O–H groups in total. The number of aromatic nitrogens is 2. The number of hydrogen-bond donors (Lipinski definition) is 1. The highest BCUT2D eigenvalue weighted by Gasteiger charge is 2.34. The van der Waals surface area contributed by atoms with Crippen LogP contribution < -0.4 is 10.2 Å². The minimum absolute atomic E-state index is 0.0475. The smallest absolute Gasteiger partial charge is 0.251 e. The number of benzene rings is 1. The van der Waals surface area contributed by atoms with E-state index in [1.54, 1.807) is 4.90 Å². The Morgan fingerprint density at radius 1 is 1.22 bits per heavy atom. The molecule has 0 bridgehead atoms. The van der Waals surface area contributed by atoms with Gasteiger partial charge in [0.05, 0.1) is 5.69 Å². The minimum Gasteiger partial charge on any atom is -0.344 e. The Kier molecular flexibility index (Phi) is 3.37. The number of hydrogen-bond acceptors (Lipinski definition) is 3. The minimum atomic E-state index is -0.411. The Balaban J connectivity index is 1.64. The van der Waals surface area contributed by atoms with E-state index in [1.807, 2.05) is 41.1 Å². The highest BCUT2D eigenvalue weighted by molar-refractivity contribution is 6.00. The molecule has 1 aromatic carbocycles. The first-order valence-electron chi connectivity index (χ1n) is 7.96. The second-order valence-electron chi connectivity index (χ2n) is 5.99. The summed E-state index contributed by atoms with van der Waals surface area (Å²) in [6.07, 6.45) is 3.88. The molecule has 1 fully saturated rings. The molecule has 6 heteroatoms. The molecular weight excluding hydrogens is 292 g/mol. The highest BCUT2D eigenvalue weighted by Crippen LogP contribution is 2.27. The van der Waals surface area contributed by atoms with E-state index >= 15 is 0 Å². The molecule has 0 radical (unpaired) electrons. The fourth-order valence-electron chi connectivity index (χ4n) is 3.23. The van der Waals surface area contributed by atoms with Crippen molar-refractivity contribution in [3.8, 4) is 11.3 Å². The van der Waals surface area contributed by atoms with Gasteiger partial charge in [0.25, 0.3) is 5.91 Å². The number of imidazole rings is 1. The van der Waals surface area contributed by atoms with Crippen LogP contribution >= 0.6 is 0 Å². The zero-order chi connectivity index (χ0) is 15.8. The molecule has 1 aromatic heterocycles. The summed E-state index contributed by atoms with van der Waals surface area (Å²) in [6, 6.07) is 9.54. The molecule has 118 valence electrons. The number of rotatable bonds is 2. The maximum absolute atomic E-state index is 12.7. The predicted molar refractivity (Wildman–Crippen MR) is 85.8 cm³/mol. The van der Waals surface area contributed by atoms with E-state index in [-0.39, 0.29) is 11.8 Å². The molecule has 2 aliphatic heterocycles. The summed E-state index contributed by atoms with van der Waals surface area (Å²) in [5, 5.41) is 2.75. The van der Waals surface area contributed by atoms with Gasteiger partial charge in [0, 0.05) is 31.3 Å². The van der Waals surface area contributed by atoms with E-state index in [0.717, 1.165) is 24.2 Å². The third-order valence-corrected chi connectivity index (χ3v) is 4.41. The van der Waals surface area contributed by atoms with Gasteiger partial charge in [-0.1, -0.05) is 30.3 Å². The number of aryl methyl sites for hydroxylation is 1. The van der Waals surface area contributed by atoms with Crippen LogP contribution in [0.25, 0.3) is 11.3 Å². The fourth-order valence-corrected chi connectivity index (χ4v) is 3.23. The van der Waals surface area contributed by atoms with Gasteiger partial charge in [0.2, 0.25) is 11.9 Å². The first-order valence-corrected chi connectivity index (χ1v) is 7.96. The Hall–Kier alpha value is -2.63. The molecule has 0 saturated carbocycles. The first-order chi connectivity index (χ1) is 11.2. The van der Waals surface area contributed by atoms with E-state index in [1.165, 1.54) is 0 Å². The highest BCUT2D eigenvalue weighted by atomic mass is 16.2. The van der Waals surface area contributed by atoms with Crippen molar-refractivity contribution in [2.75, 3.05) is 11.4 Å². The van der Waals surface area contributed by atoms with Gasteiger partial charge in [-0.05, 0) is 12.8 Å². The van der Waals surface area contributed by atoms with Crippen molar-refractivity contribution in [2.24, 2.45) is 0 Å². The number of carbonyl (C=O) groups is 2. The monoisotopic (exact) mass is 310 g/mol. The zero-order valence-corrected chi connectivity index (χ0v) is 12.7. The van der Waals surface area contributed by atoms with Crippen LogP contribution in [0.4, 0.5) is 5.95 Å². The number of amides is 2. The SMILES string of the molecule is O=C1CCC(C(=O)N2CCCn3cc(-c4ccccc4)nc32)N1. The van der Waals surface area contributed by atoms with E-state index < -0.39 is 6.04 Å². The van der Waals surface area contributed by atoms with Gasteiger partial charge < -0.3 is 9.88 Å². The molecule has 1 atom stereocenters. The lowest BCUT2D eigenvalue weighted by molar-refractivity contribution is -0.124. The molecule has 0 aliphatic carbocycles. The van der Waals surface area contributed by atoms with Crippen molar-refractivity contribution in [3.05, 3.63) is 36.5 Å². The Bertz CT molecular complexity index is 753. The van der Waals surface area contributed by atoms with Crippen LogP contribution in [0.3, 0.4) is 0 Å². The number of nitrogens with zero attached hydrogens (tertiary/aromatic N) is 3. The number of nitrogens with one attached hydrogen (secondary N) is 1. The molecule has 2 aliphatic rings. The Labute approximate surface area is 134 Å². The maximum atomic E-state index is 12.7. The second kappa shape index (κ2) is 5.53. The number of anilines is 1. The van der Waals surface area contributed by atoms with Crippen LogP contribution in [-0.2, 0) is 16.1 Å². The summed E-state index contributed by atoms with van der Waals surface area (Å²) in [4.78, 5) is 30.5. The fraction of sp³-hybridized carbons (Fsp3) is 0.353. The van der Waals surface area contributed by atoms with Gasteiger partial charge >= 0.3 is 0 Å². The van der Waals surface area contributed by atoms with Crippen LogP contribution in [0, 0.1) is 0 Å². The van der Waals surface area contributed by atoms with Gasteiger partial charge in [-0.3, -0.25) is 14.5 Å². The van der Waals surface area contributed by atoms with Crippen LogP contribution in [0.5, 0.6) is 0 Å². The first kappa shape index (κ1) is 14.0. The van der Waals surface area contributed by atoms with Gasteiger partial charge in [-0.15, -0.1) is 0 Å². The summed E-state index contributed by atoms with van der Waals surface area (Å²) >= 11 is 0. The average Bonchev–Trinajstić information content (AvgIpc) is 3.21. The predicted octanol–water partition coefficient (Wildman–Crippen LogP) is 1.57. The molecular formula is C17H18N4O2. The molecule has 23 heavy (non-hydrogen) atoms. The Morgan fingerprint density at radius 2 is 2.04 bits per heavy atom. The summed E-state index contributed by atoms with van der Waals surface area (Å²) in [6.45, 7) is 1.51. The normalized spacial score (nSPS) is 20.3. The van der Waals surface area contributed by atoms with Crippen LogP contribution in [0.2, 0.25) is 0 Å². The lowest BCUT2D eigenvalue weighted by Gasteiger charge is -2.29. The molecule has 1 saturated heterocycles. The number of fused-ring (bicyclic) bond motifs is 1. The molecule has 1 unspecified atom stereocenters. The summed E-state index contributed by atoms with van der Waals surface area (Å²) in [7, 11) is 0. The molecule has 2 aromatic rings. The molecule has 2 amide bonds. The molecule has 3 heterocycles. The van der Waals surface area contributed by atoms with Gasteiger partial charge in [0.1, 0.15) is 6.04 Å². The van der Waals surface area contributed by atoms with Crippen LogP contribution in [0.1, 0.15) is 19.3 Å². The van der Waals surface area contributed by atoms with Crippen molar-refractivity contribution in [1.29, 1.82) is 0 Å². The average molecular weight is 310 g/mol. The van der Waals surface area contributed by atoms with Crippen LogP contribution in [-0.4, -0.2) is 34.0 Å².